The van der Waals surface area contributed by atoms with E-state index in [1.807, 2.05) is 18.2 Å². The van der Waals surface area contributed by atoms with Crippen molar-refractivity contribution in [1.29, 1.82) is 0 Å². The molecule has 0 saturated heterocycles. The van der Waals surface area contributed by atoms with Crippen molar-refractivity contribution >= 4 is 11.5 Å². The van der Waals surface area contributed by atoms with Crippen LogP contribution in [0.25, 0.3) is 0 Å². The number of Topliss-reactive ketones (excluding diaryl/α,β-unsaturated/α-hetero) is 1. The molecule has 0 spiro atoms. The van der Waals surface area contributed by atoms with Gasteiger partial charge < -0.3 is 5.73 Å². The van der Waals surface area contributed by atoms with E-state index in [1.54, 1.807) is 6.92 Å². The van der Waals surface area contributed by atoms with E-state index < -0.39 is 0 Å². The first-order valence-corrected chi connectivity index (χ1v) is 4.50. The lowest BCUT2D eigenvalue weighted by molar-refractivity contribution is -0.116. The van der Waals surface area contributed by atoms with Crippen molar-refractivity contribution < 1.29 is 4.79 Å². The van der Waals surface area contributed by atoms with Gasteiger partial charge in [-0.05, 0) is 36.6 Å². The number of rotatable bonds is 3. The summed E-state index contributed by atoms with van der Waals surface area (Å²) in [6, 6.07) is 5.76. The van der Waals surface area contributed by atoms with E-state index in [1.165, 1.54) is 5.56 Å². The van der Waals surface area contributed by atoms with Crippen LogP contribution in [0, 0.1) is 0 Å². The molecule has 13 heavy (non-hydrogen) atoms. The lowest BCUT2D eigenvalue weighted by Crippen LogP contribution is -2.01. The van der Waals surface area contributed by atoms with Crippen LogP contribution in [0.3, 0.4) is 0 Å². The summed E-state index contributed by atoms with van der Waals surface area (Å²) in [6.07, 6.45) is 1.44. The fraction of sp³-hybridized carbons (Fsp3) is 0.364. The van der Waals surface area contributed by atoms with Gasteiger partial charge >= 0.3 is 0 Å². The molecule has 0 fully saturated rings. The molecular weight excluding hydrogens is 162 g/mol. The van der Waals surface area contributed by atoms with Gasteiger partial charge in [0, 0.05) is 12.1 Å². The van der Waals surface area contributed by atoms with Crippen molar-refractivity contribution in [3.63, 3.8) is 0 Å². The third-order valence-corrected chi connectivity index (χ3v) is 2.05. The SMILES string of the molecule is CCc1ccc(N)cc1CC(C)=O. The number of ketones is 1. The molecule has 2 heteroatoms. The first kappa shape index (κ1) is 9.78. The molecule has 0 atom stereocenters. The Bertz CT molecular complexity index is 318. The van der Waals surface area contributed by atoms with Gasteiger partial charge in [0.2, 0.25) is 0 Å². The van der Waals surface area contributed by atoms with Crippen molar-refractivity contribution in [2.45, 2.75) is 26.7 Å². The minimum absolute atomic E-state index is 0.181. The number of carbonyl (C=O) groups is 1. The molecule has 1 rings (SSSR count). The Kier molecular flexibility index (Phi) is 3.07. The highest BCUT2D eigenvalue weighted by Gasteiger charge is 2.03. The molecule has 70 valence electrons. The molecule has 2 nitrogen and oxygen atoms in total. The van der Waals surface area contributed by atoms with Gasteiger partial charge in [0.15, 0.2) is 0 Å². The zero-order chi connectivity index (χ0) is 9.84. The maximum Gasteiger partial charge on any atom is 0.134 e. The molecule has 0 saturated carbocycles. The fourth-order valence-electron chi connectivity index (χ4n) is 1.42. The molecule has 0 amide bonds. The van der Waals surface area contributed by atoms with Gasteiger partial charge in [-0.1, -0.05) is 13.0 Å². The van der Waals surface area contributed by atoms with Crippen molar-refractivity contribution in [2.75, 3.05) is 5.73 Å². The van der Waals surface area contributed by atoms with Gasteiger partial charge in [0.05, 0.1) is 0 Å². The highest BCUT2D eigenvalue weighted by molar-refractivity contribution is 5.78. The minimum atomic E-state index is 0.181. The monoisotopic (exact) mass is 177 g/mol. The lowest BCUT2D eigenvalue weighted by atomic mass is 10.0. The summed E-state index contributed by atoms with van der Waals surface area (Å²) in [5.74, 6) is 0.181. The van der Waals surface area contributed by atoms with Crippen LogP contribution in [0.5, 0.6) is 0 Å². The molecule has 0 aromatic heterocycles. The second-order valence-corrected chi connectivity index (χ2v) is 3.26. The Hall–Kier alpha value is -1.31. The number of nitrogens with two attached hydrogens (primary N) is 1. The average molecular weight is 177 g/mol. The molecule has 1 aromatic carbocycles. The van der Waals surface area contributed by atoms with E-state index >= 15 is 0 Å². The van der Waals surface area contributed by atoms with Crippen molar-refractivity contribution in [3.8, 4) is 0 Å². The predicted octanol–water partition coefficient (Wildman–Crippen LogP) is 1.96. The van der Waals surface area contributed by atoms with Gasteiger partial charge in [-0.25, -0.2) is 0 Å². The Morgan fingerprint density at radius 1 is 1.38 bits per heavy atom. The molecule has 0 aliphatic rings. The first-order valence-electron chi connectivity index (χ1n) is 4.50. The zero-order valence-electron chi connectivity index (χ0n) is 8.13. The molecule has 1 aromatic rings. The Labute approximate surface area is 78.8 Å². The van der Waals surface area contributed by atoms with Crippen molar-refractivity contribution in [2.24, 2.45) is 0 Å². The zero-order valence-corrected chi connectivity index (χ0v) is 8.13. The number of hydrogen-bond donors (Lipinski definition) is 1. The van der Waals surface area contributed by atoms with Crippen LogP contribution >= 0.6 is 0 Å². The smallest absolute Gasteiger partial charge is 0.134 e. The number of hydrogen-bond acceptors (Lipinski definition) is 2. The number of aryl methyl sites for hydroxylation is 1. The number of nitrogen functional groups attached to an aromatic ring is 1. The quantitative estimate of drug-likeness (QED) is 0.717. The molecule has 0 aliphatic carbocycles. The third kappa shape index (κ3) is 2.58. The normalized spacial score (nSPS) is 10.0. The van der Waals surface area contributed by atoms with Gasteiger partial charge in [-0.15, -0.1) is 0 Å². The molecule has 0 heterocycles. The highest BCUT2D eigenvalue weighted by Crippen LogP contribution is 2.15. The van der Waals surface area contributed by atoms with Crippen LogP contribution in [-0.2, 0) is 17.6 Å². The fourth-order valence-corrected chi connectivity index (χ4v) is 1.42. The van der Waals surface area contributed by atoms with Crippen LogP contribution in [0.2, 0.25) is 0 Å². The van der Waals surface area contributed by atoms with Gasteiger partial charge in [0.25, 0.3) is 0 Å². The minimum Gasteiger partial charge on any atom is -0.399 e. The lowest BCUT2D eigenvalue weighted by Gasteiger charge is -2.06. The summed E-state index contributed by atoms with van der Waals surface area (Å²) in [5.41, 5.74) is 8.65. The molecular formula is C11H15NO. The summed E-state index contributed by atoms with van der Waals surface area (Å²) < 4.78 is 0. The second kappa shape index (κ2) is 4.08. The summed E-state index contributed by atoms with van der Waals surface area (Å²) in [4.78, 5) is 11.0. The number of anilines is 1. The number of carbonyl (C=O) groups excluding carboxylic acids is 1. The molecule has 0 unspecified atom stereocenters. The standard InChI is InChI=1S/C11H15NO/c1-3-9-4-5-11(12)7-10(9)6-8(2)13/h4-5,7H,3,6,12H2,1-2H3. The Balaban J connectivity index is 3.01. The second-order valence-electron chi connectivity index (χ2n) is 3.26. The predicted molar refractivity (Wildman–Crippen MR) is 54.6 cm³/mol. The molecule has 0 radical (unpaired) electrons. The Morgan fingerprint density at radius 2 is 2.08 bits per heavy atom. The summed E-state index contributed by atoms with van der Waals surface area (Å²) in [5, 5.41) is 0. The van der Waals surface area contributed by atoms with Crippen LogP contribution in [0.15, 0.2) is 18.2 Å². The summed E-state index contributed by atoms with van der Waals surface area (Å²) >= 11 is 0. The largest absolute Gasteiger partial charge is 0.399 e. The molecule has 0 bridgehead atoms. The molecule has 0 aliphatic heterocycles. The average Bonchev–Trinajstić information content (AvgIpc) is 2.03. The Morgan fingerprint density at radius 3 is 2.62 bits per heavy atom. The number of benzene rings is 1. The molecule has 2 N–H and O–H groups in total. The highest BCUT2D eigenvalue weighted by atomic mass is 16.1. The van der Waals surface area contributed by atoms with Crippen molar-refractivity contribution in [3.05, 3.63) is 29.3 Å². The maximum atomic E-state index is 11.0. The van der Waals surface area contributed by atoms with Gasteiger partial charge in [-0.2, -0.15) is 0 Å². The van der Waals surface area contributed by atoms with E-state index in [-0.39, 0.29) is 5.78 Å². The summed E-state index contributed by atoms with van der Waals surface area (Å²) in [6.45, 7) is 3.68. The van der Waals surface area contributed by atoms with E-state index in [9.17, 15) is 4.79 Å². The van der Waals surface area contributed by atoms with E-state index in [2.05, 4.69) is 6.92 Å². The first-order chi connectivity index (χ1) is 6.13. The van der Waals surface area contributed by atoms with Crippen LogP contribution in [-0.4, -0.2) is 5.78 Å². The maximum absolute atomic E-state index is 11.0. The van der Waals surface area contributed by atoms with E-state index in [4.69, 9.17) is 5.73 Å². The van der Waals surface area contributed by atoms with Gasteiger partial charge in [-0.3, -0.25) is 4.79 Å². The third-order valence-electron chi connectivity index (χ3n) is 2.05. The topological polar surface area (TPSA) is 43.1 Å². The van der Waals surface area contributed by atoms with Crippen molar-refractivity contribution in [1.82, 2.24) is 0 Å². The van der Waals surface area contributed by atoms with Crippen LogP contribution < -0.4 is 5.73 Å². The van der Waals surface area contributed by atoms with Crippen LogP contribution in [0.1, 0.15) is 25.0 Å². The van der Waals surface area contributed by atoms with E-state index in [0.717, 1.165) is 17.7 Å². The van der Waals surface area contributed by atoms with E-state index in [0.29, 0.717) is 6.42 Å². The van der Waals surface area contributed by atoms with Gasteiger partial charge in [0.1, 0.15) is 5.78 Å². The summed E-state index contributed by atoms with van der Waals surface area (Å²) in [7, 11) is 0. The van der Waals surface area contributed by atoms with Crippen LogP contribution in [0.4, 0.5) is 5.69 Å².